The van der Waals surface area contributed by atoms with Crippen LogP contribution in [0.4, 0.5) is 11.4 Å². The Morgan fingerprint density at radius 3 is 2.19 bits per heavy atom. The summed E-state index contributed by atoms with van der Waals surface area (Å²) < 4.78 is 0. The molecule has 0 saturated carbocycles. The van der Waals surface area contributed by atoms with Crippen LogP contribution in [0.2, 0.25) is 12.1 Å². The van der Waals surface area contributed by atoms with Crippen LogP contribution in [0, 0.1) is 0 Å². The van der Waals surface area contributed by atoms with E-state index in [1.165, 1.54) is 59.3 Å². The van der Waals surface area contributed by atoms with Crippen molar-refractivity contribution in [3.63, 3.8) is 0 Å². The van der Waals surface area contributed by atoms with Gasteiger partial charge in [-0.3, -0.25) is 0 Å². The molecule has 4 aliphatic rings. The minimum Gasteiger partial charge on any atom is -0.314 e. The molecule has 0 saturated heterocycles. The van der Waals surface area contributed by atoms with Gasteiger partial charge in [0.1, 0.15) is 8.07 Å². The van der Waals surface area contributed by atoms with E-state index in [1.54, 1.807) is 38.1 Å². The van der Waals surface area contributed by atoms with E-state index in [0.29, 0.717) is 6.71 Å². The molecule has 43 heavy (non-hydrogen) atoms. The number of fused-ring (bicyclic) bond motifs is 5. The Balaban J connectivity index is 1.38. The number of anilines is 2. The van der Waals surface area contributed by atoms with Crippen molar-refractivity contribution >= 4 is 52.9 Å². The third-order valence-electron chi connectivity index (χ3n) is 12.1. The first-order chi connectivity index (χ1) is 20.8. The summed E-state index contributed by atoms with van der Waals surface area (Å²) >= 11 is 0. The van der Waals surface area contributed by atoms with Gasteiger partial charge in [-0.2, -0.15) is 0 Å². The van der Waals surface area contributed by atoms with Gasteiger partial charge < -0.3 is 4.90 Å². The largest absolute Gasteiger partial charge is 0.314 e. The number of rotatable bonds is 3. The second-order valence-corrected chi connectivity index (χ2v) is 19.2. The van der Waals surface area contributed by atoms with Crippen LogP contribution in [-0.4, -0.2) is 14.8 Å². The van der Waals surface area contributed by atoms with Gasteiger partial charge >= 0.3 is 0 Å². The molecule has 0 spiro atoms. The van der Waals surface area contributed by atoms with Crippen molar-refractivity contribution in [2.45, 2.75) is 90.1 Å². The highest BCUT2D eigenvalue weighted by Gasteiger charge is 2.51. The molecule has 0 amide bonds. The molecule has 3 aliphatic heterocycles. The minimum atomic E-state index is -1.84. The molecule has 0 aromatic heterocycles. The van der Waals surface area contributed by atoms with Crippen LogP contribution in [0.25, 0.3) is 0 Å². The van der Waals surface area contributed by atoms with Crippen LogP contribution in [0.3, 0.4) is 0 Å². The molecule has 0 N–H and O–H groups in total. The van der Waals surface area contributed by atoms with Crippen molar-refractivity contribution in [1.82, 2.24) is 0 Å². The molecule has 8 rings (SSSR count). The number of hydrogen-bond acceptors (Lipinski definition) is 1. The molecule has 3 heterocycles. The van der Waals surface area contributed by atoms with Gasteiger partial charge in [-0.1, -0.05) is 147 Å². The van der Waals surface area contributed by atoms with Crippen molar-refractivity contribution in [3.8, 4) is 0 Å². The summed E-state index contributed by atoms with van der Waals surface area (Å²) in [5, 5.41) is 3.37. The minimum absolute atomic E-state index is 0.0700. The Bertz CT molecular complexity index is 1820. The fraction of sp³-hybridized carbons (Fsp3) is 0.350. The van der Waals surface area contributed by atoms with Crippen LogP contribution in [0.15, 0.2) is 96.2 Å². The molecule has 0 radical (unpaired) electrons. The number of allylic oxidation sites excluding steroid dienone is 2. The summed E-state index contributed by atoms with van der Waals surface area (Å²) in [5.41, 5.74) is 15.1. The Kier molecular flexibility index (Phi) is 5.93. The van der Waals surface area contributed by atoms with Gasteiger partial charge in [0.25, 0.3) is 0 Å². The lowest BCUT2D eigenvalue weighted by Gasteiger charge is -2.48. The Morgan fingerprint density at radius 2 is 1.37 bits per heavy atom. The van der Waals surface area contributed by atoms with Crippen molar-refractivity contribution in [1.29, 1.82) is 0 Å². The maximum atomic E-state index is 2.65. The van der Waals surface area contributed by atoms with Gasteiger partial charge in [0.05, 0.1) is 0 Å². The molecule has 4 aromatic rings. The first-order valence-corrected chi connectivity index (χ1v) is 19.2. The Hall–Kier alpha value is -3.30. The third-order valence-corrected chi connectivity index (χ3v) is 17.5. The molecule has 3 heteroatoms. The number of benzene rings is 4. The average molecular weight is 578 g/mol. The zero-order chi connectivity index (χ0) is 29.7. The smallest absolute Gasteiger partial charge is 0.241 e. The van der Waals surface area contributed by atoms with Gasteiger partial charge in [0.2, 0.25) is 6.71 Å². The van der Waals surface area contributed by atoms with E-state index in [1.807, 2.05) is 0 Å². The summed E-state index contributed by atoms with van der Waals surface area (Å²) in [5.74, 6) is 0. The zero-order valence-electron chi connectivity index (χ0n) is 26.9. The summed E-state index contributed by atoms with van der Waals surface area (Å²) in [7, 11) is -1.84. The maximum Gasteiger partial charge on any atom is 0.241 e. The van der Waals surface area contributed by atoms with Gasteiger partial charge in [-0.05, 0) is 66.1 Å². The van der Waals surface area contributed by atoms with Gasteiger partial charge in [0, 0.05) is 27.9 Å². The number of hydrogen-bond donors (Lipinski definition) is 0. The van der Waals surface area contributed by atoms with Gasteiger partial charge in [-0.15, -0.1) is 0 Å². The first kappa shape index (κ1) is 27.3. The van der Waals surface area contributed by atoms with Gasteiger partial charge in [-0.25, -0.2) is 0 Å². The van der Waals surface area contributed by atoms with Crippen LogP contribution < -0.4 is 31.7 Å². The maximum absolute atomic E-state index is 2.65. The summed E-state index contributed by atoms with van der Waals surface area (Å²) in [6, 6.07) is 36.2. The molecular weight excluding hydrogens is 533 g/mol. The average Bonchev–Trinajstić information content (AvgIpc) is 3.03. The number of nitrogens with zero attached hydrogens (tertiary/aromatic N) is 1. The van der Waals surface area contributed by atoms with Crippen LogP contribution in [0.1, 0.15) is 83.9 Å². The normalized spacial score (nSPS) is 20.0. The second-order valence-electron chi connectivity index (χ2n) is 14.6. The van der Waals surface area contributed by atoms with E-state index < -0.39 is 8.07 Å². The van der Waals surface area contributed by atoms with E-state index in [4.69, 9.17) is 0 Å². The predicted octanol–water partition coefficient (Wildman–Crippen LogP) is 7.02. The van der Waals surface area contributed by atoms with Crippen molar-refractivity contribution in [2.75, 3.05) is 4.90 Å². The Labute approximate surface area is 260 Å². The standard InChI is InChI=1S/C40H44BNSi/c1-7-43(8-2)36-22-14-11-19-33(36)41-32-25-24-27(26-31(32)40(5,6)30-18-15-23-37(43)38(30)41)42-34-20-12-9-16-28(34)39(3,4)29-17-10-13-21-35(29)42/h9,11-12,14-16,18-20,22-26H,7-8,10,13,17,21H2,1-6H3. The molecule has 0 unspecified atom stereocenters. The second kappa shape index (κ2) is 9.35. The zero-order valence-corrected chi connectivity index (χ0v) is 27.9. The van der Waals surface area contributed by atoms with Crippen molar-refractivity contribution in [2.24, 2.45) is 0 Å². The fourth-order valence-corrected chi connectivity index (χ4v) is 14.6. The molecule has 0 fully saturated rings. The van der Waals surface area contributed by atoms with Gasteiger partial charge in [0.15, 0.2) is 0 Å². The third kappa shape index (κ3) is 3.46. The van der Waals surface area contributed by atoms with E-state index in [2.05, 4.69) is 131 Å². The van der Waals surface area contributed by atoms with E-state index in [-0.39, 0.29) is 10.8 Å². The molecule has 0 bridgehead atoms. The molecule has 0 atom stereocenters. The van der Waals surface area contributed by atoms with Crippen molar-refractivity contribution < 1.29 is 0 Å². The summed E-state index contributed by atoms with van der Waals surface area (Å²) in [4.78, 5) is 2.65. The highest BCUT2D eigenvalue weighted by molar-refractivity contribution is 7.15. The van der Waals surface area contributed by atoms with E-state index >= 15 is 0 Å². The monoisotopic (exact) mass is 577 g/mol. The van der Waals surface area contributed by atoms with Crippen molar-refractivity contribution in [3.05, 3.63) is 113 Å². The molecule has 4 aromatic carbocycles. The fourth-order valence-electron chi connectivity index (χ4n) is 9.89. The highest BCUT2D eigenvalue weighted by atomic mass is 28.3. The van der Waals surface area contributed by atoms with E-state index in [9.17, 15) is 0 Å². The first-order valence-electron chi connectivity index (χ1n) is 16.8. The van der Waals surface area contributed by atoms with Crippen LogP contribution in [-0.2, 0) is 10.8 Å². The topological polar surface area (TPSA) is 3.24 Å². The SMILES string of the molecule is CC[Si]1(CC)c2ccccc2B2c3ccc(N4C5=C(CCCC5)C(C)(C)c5ccccc54)cc3C(C)(C)c3cccc1c32. The lowest BCUT2D eigenvalue weighted by molar-refractivity contribution is 0.517. The number of para-hydroxylation sites is 1. The van der Waals surface area contributed by atoms with Crippen LogP contribution in [0.5, 0.6) is 0 Å². The molecule has 1 aliphatic carbocycles. The van der Waals surface area contributed by atoms with Crippen LogP contribution >= 0.6 is 0 Å². The predicted molar refractivity (Wildman–Crippen MR) is 189 cm³/mol. The van der Waals surface area contributed by atoms with E-state index in [0.717, 1.165) is 6.42 Å². The lowest BCUT2D eigenvalue weighted by atomic mass is 9.31. The Morgan fingerprint density at radius 1 is 0.674 bits per heavy atom. The highest BCUT2D eigenvalue weighted by Crippen LogP contribution is 2.52. The summed E-state index contributed by atoms with van der Waals surface area (Å²) in [6.45, 7) is 15.1. The quantitative estimate of drug-likeness (QED) is 0.237. The lowest BCUT2D eigenvalue weighted by Crippen LogP contribution is -2.80. The summed E-state index contributed by atoms with van der Waals surface area (Å²) in [6.07, 6.45) is 4.95. The molecular formula is C40H44BNSi. The molecule has 1 nitrogen and oxygen atoms in total. The molecule has 216 valence electrons.